The van der Waals surface area contributed by atoms with Crippen LogP contribution in [0.25, 0.3) is 0 Å². The summed E-state index contributed by atoms with van der Waals surface area (Å²) in [4.78, 5) is 25.2. The van der Waals surface area contributed by atoms with Crippen LogP contribution in [0.5, 0.6) is 0 Å². The fourth-order valence-electron chi connectivity index (χ4n) is 2.66. The number of hydrogen-bond acceptors (Lipinski definition) is 2. The van der Waals surface area contributed by atoms with E-state index in [9.17, 15) is 14.0 Å². The van der Waals surface area contributed by atoms with Gasteiger partial charge in [0, 0.05) is 5.56 Å². The number of benzene rings is 2. The molecule has 0 aliphatic rings. The van der Waals surface area contributed by atoms with Crippen LogP contribution in [0.4, 0.5) is 4.39 Å². The molecule has 0 aromatic heterocycles. The minimum atomic E-state index is -0.663. The molecule has 0 bridgehead atoms. The number of rotatable bonds is 7. The van der Waals surface area contributed by atoms with Crippen molar-refractivity contribution in [3.05, 3.63) is 71.5 Å². The van der Waals surface area contributed by atoms with Crippen LogP contribution < -0.4 is 10.6 Å². The number of carbonyl (C=O) groups is 2. The fourth-order valence-corrected chi connectivity index (χ4v) is 2.66. The summed E-state index contributed by atoms with van der Waals surface area (Å²) in [6.07, 6.45) is 0.738. The van der Waals surface area contributed by atoms with Crippen LogP contribution in [0.3, 0.4) is 0 Å². The molecule has 2 amide bonds. The van der Waals surface area contributed by atoms with Gasteiger partial charge in [0.05, 0.1) is 6.04 Å². The highest BCUT2D eigenvalue weighted by atomic mass is 19.1. The second-order valence-corrected chi connectivity index (χ2v) is 6.48. The molecule has 0 fully saturated rings. The Balaban J connectivity index is 2.09. The Morgan fingerprint density at radius 1 is 0.962 bits per heavy atom. The van der Waals surface area contributed by atoms with E-state index in [4.69, 9.17) is 0 Å². The first-order valence-corrected chi connectivity index (χ1v) is 8.84. The van der Waals surface area contributed by atoms with Gasteiger partial charge in [-0.2, -0.15) is 0 Å². The fraction of sp³-hybridized carbons (Fsp3) is 0.333. The lowest BCUT2D eigenvalue weighted by Gasteiger charge is -2.25. The highest BCUT2D eigenvalue weighted by molar-refractivity contribution is 5.97. The maximum Gasteiger partial charge on any atom is 0.251 e. The SMILES string of the molecule is CCC(C)C(NC(=O)c1ccc(F)cc1)C(=O)NC(C)c1ccccc1. The van der Waals surface area contributed by atoms with Gasteiger partial charge in [-0.3, -0.25) is 9.59 Å². The highest BCUT2D eigenvalue weighted by Crippen LogP contribution is 2.15. The quantitative estimate of drug-likeness (QED) is 0.792. The van der Waals surface area contributed by atoms with E-state index < -0.39 is 17.8 Å². The van der Waals surface area contributed by atoms with Crippen molar-refractivity contribution >= 4 is 11.8 Å². The molecular weight excluding hydrogens is 331 g/mol. The number of amides is 2. The molecule has 26 heavy (non-hydrogen) atoms. The molecule has 4 nitrogen and oxygen atoms in total. The number of hydrogen-bond donors (Lipinski definition) is 2. The Morgan fingerprint density at radius 3 is 2.15 bits per heavy atom. The number of nitrogens with one attached hydrogen (secondary N) is 2. The van der Waals surface area contributed by atoms with Crippen molar-refractivity contribution < 1.29 is 14.0 Å². The Bertz CT molecular complexity index is 731. The van der Waals surface area contributed by atoms with Crippen LogP contribution in [-0.4, -0.2) is 17.9 Å². The molecule has 3 atom stereocenters. The molecule has 2 aromatic rings. The zero-order valence-electron chi connectivity index (χ0n) is 15.3. The molecule has 0 aliphatic heterocycles. The van der Waals surface area contributed by atoms with E-state index in [1.54, 1.807) is 0 Å². The van der Waals surface area contributed by atoms with E-state index >= 15 is 0 Å². The minimum Gasteiger partial charge on any atom is -0.348 e. The molecule has 0 saturated heterocycles. The average molecular weight is 356 g/mol. The van der Waals surface area contributed by atoms with Crippen LogP contribution in [0, 0.1) is 11.7 Å². The third-order valence-corrected chi connectivity index (χ3v) is 4.55. The van der Waals surface area contributed by atoms with Gasteiger partial charge >= 0.3 is 0 Å². The van der Waals surface area contributed by atoms with Crippen molar-refractivity contribution in [1.82, 2.24) is 10.6 Å². The lowest BCUT2D eigenvalue weighted by atomic mass is 9.97. The molecule has 0 radical (unpaired) electrons. The summed E-state index contributed by atoms with van der Waals surface area (Å²) in [5.41, 5.74) is 1.32. The second-order valence-electron chi connectivity index (χ2n) is 6.48. The molecule has 0 heterocycles. The topological polar surface area (TPSA) is 58.2 Å². The minimum absolute atomic E-state index is 0.0395. The molecule has 2 rings (SSSR count). The van der Waals surface area contributed by atoms with Crippen molar-refractivity contribution in [3.63, 3.8) is 0 Å². The number of carbonyl (C=O) groups excluding carboxylic acids is 2. The third kappa shape index (κ3) is 5.15. The lowest BCUT2D eigenvalue weighted by Crippen LogP contribution is -2.50. The van der Waals surface area contributed by atoms with Gasteiger partial charge < -0.3 is 10.6 Å². The molecule has 138 valence electrons. The van der Waals surface area contributed by atoms with Crippen LogP contribution in [0.2, 0.25) is 0 Å². The first-order chi connectivity index (χ1) is 12.4. The van der Waals surface area contributed by atoms with Gasteiger partial charge in [-0.15, -0.1) is 0 Å². The van der Waals surface area contributed by atoms with E-state index in [1.807, 2.05) is 51.1 Å². The number of halogens is 1. The average Bonchev–Trinajstić information content (AvgIpc) is 2.66. The lowest BCUT2D eigenvalue weighted by molar-refractivity contribution is -0.124. The van der Waals surface area contributed by atoms with Crippen LogP contribution in [0.15, 0.2) is 54.6 Å². The molecule has 3 unspecified atom stereocenters. The maximum absolute atomic E-state index is 13.0. The van der Waals surface area contributed by atoms with Crippen LogP contribution in [-0.2, 0) is 4.79 Å². The largest absolute Gasteiger partial charge is 0.348 e. The Kier molecular flexibility index (Phi) is 6.89. The predicted octanol–water partition coefficient (Wildman–Crippen LogP) is 3.85. The van der Waals surface area contributed by atoms with Gasteiger partial charge in [0.25, 0.3) is 5.91 Å². The summed E-state index contributed by atoms with van der Waals surface area (Å²) in [5.74, 6) is -1.07. The predicted molar refractivity (Wildman–Crippen MR) is 100 cm³/mol. The Labute approximate surface area is 153 Å². The monoisotopic (exact) mass is 356 g/mol. The molecule has 0 aliphatic carbocycles. The van der Waals surface area contributed by atoms with Gasteiger partial charge in [0.2, 0.25) is 5.91 Å². The van der Waals surface area contributed by atoms with Gasteiger partial charge in [-0.25, -0.2) is 4.39 Å². The van der Waals surface area contributed by atoms with E-state index in [2.05, 4.69) is 10.6 Å². The first-order valence-electron chi connectivity index (χ1n) is 8.84. The summed E-state index contributed by atoms with van der Waals surface area (Å²) in [5, 5.41) is 5.75. The summed E-state index contributed by atoms with van der Waals surface area (Å²) in [7, 11) is 0. The van der Waals surface area contributed by atoms with E-state index in [0.29, 0.717) is 5.56 Å². The standard InChI is InChI=1S/C21H25FN2O2/c1-4-14(2)19(24-20(25)17-10-12-18(22)13-11-17)21(26)23-15(3)16-8-6-5-7-9-16/h5-15,19H,4H2,1-3H3,(H,23,26)(H,24,25). The summed E-state index contributed by atoms with van der Waals surface area (Å²) >= 11 is 0. The molecule has 0 spiro atoms. The summed E-state index contributed by atoms with van der Waals surface area (Å²) in [6, 6.07) is 14.1. The van der Waals surface area contributed by atoms with Gasteiger partial charge in [-0.1, -0.05) is 50.6 Å². The molecule has 0 saturated carbocycles. The van der Waals surface area contributed by atoms with Crippen molar-refractivity contribution in [3.8, 4) is 0 Å². The molecular formula is C21H25FN2O2. The third-order valence-electron chi connectivity index (χ3n) is 4.55. The zero-order valence-corrected chi connectivity index (χ0v) is 15.3. The zero-order chi connectivity index (χ0) is 19.1. The summed E-state index contributed by atoms with van der Waals surface area (Å²) in [6.45, 7) is 5.79. The normalized spacial score (nSPS) is 14.2. The van der Waals surface area contributed by atoms with E-state index in [1.165, 1.54) is 24.3 Å². The Morgan fingerprint density at radius 2 is 1.58 bits per heavy atom. The molecule has 2 N–H and O–H groups in total. The van der Waals surface area contributed by atoms with Gasteiger partial charge in [-0.05, 0) is 42.7 Å². The van der Waals surface area contributed by atoms with E-state index in [0.717, 1.165) is 12.0 Å². The van der Waals surface area contributed by atoms with Gasteiger partial charge in [0.15, 0.2) is 0 Å². The molecule has 5 heteroatoms. The highest BCUT2D eigenvalue weighted by Gasteiger charge is 2.27. The molecule has 2 aromatic carbocycles. The smallest absolute Gasteiger partial charge is 0.251 e. The second kappa shape index (κ2) is 9.13. The van der Waals surface area contributed by atoms with Crippen molar-refractivity contribution in [2.45, 2.75) is 39.3 Å². The van der Waals surface area contributed by atoms with Gasteiger partial charge in [0.1, 0.15) is 11.9 Å². The Hall–Kier alpha value is -2.69. The van der Waals surface area contributed by atoms with Crippen LogP contribution >= 0.6 is 0 Å². The maximum atomic E-state index is 13.0. The van der Waals surface area contributed by atoms with Crippen LogP contribution in [0.1, 0.15) is 49.2 Å². The van der Waals surface area contributed by atoms with Crippen molar-refractivity contribution in [2.24, 2.45) is 5.92 Å². The summed E-state index contributed by atoms with van der Waals surface area (Å²) < 4.78 is 13.0. The first kappa shape index (κ1) is 19.6. The van der Waals surface area contributed by atoms with Crippen molar-refractivity contribution in [1.29, 1.82) is 0 Å². The van der Waals surface area contributed by atoms with E-state index in [-0.39, 0.29) is 17.9 Å². The van der Waals surface area contributed by atoms with Crippen molar-refractivity contribution in [2.75, 3.05) is 0 Å².